The van der Waals surface area contributed by atoms with Crippen LogP contribution in [0.15, 0.2) is 54.6 Å². The standard InChI is InChI=1S/C33H36F2N5O6PS/c1-2-38-13-12-24-9-10-27(32(43)39-17-22(16-36)25(18-39)20-6-4-3-5-7-20)40(24)31(42)26(19-38)37-30(41)29-15-21-14-23(8-11-28(21)48-29)33(34,35)47(44,45)46/h3-8,11,14-15,22,24-27H,2,9-10,12-13,17-19H2,1H3,(H,37,41)(H2,44,45,46)/t22-,24-,25+,26+,27+/m1/s1. The number of fused-ring (bicyclic) bond motifs is 2. The molecule has 3 amide bonds. The van der Waals surface area contributed by atoms with E-state index in [2.05, 4.69) is 16.3 Å². The predicted octanol–water partition coefficient (Wildman–Crippen LogP) is 4.08. The third kappa shape index (κ3) is 6.37. The number of likely N-dealkylation sites (N-methyl/N-ethyl adjacent to an activating group) is 1. The van der Waals surface area contributed by atoms with Gasteiger partial charge in [0.15, 0.2) is 0 Å². The fraction of sp³-hybridized carbons (Fsp3) is 0.455. The fourth-order valence-corrected chi connectivity index (χ4v) is 8.60. The molecule has 3 fully saturated rings. The van der Waals surface area contributed by atoms with Gasteiger partial charge < -0.3 is 29.8 Å². The summed E-state index contributed by atoms with van der Waals surface area (Å²) in [6.07, 6.45) is 1.79. The van der Waals surface area contributed by atoms with Crippen LogP contribution in [0.4, 0.5) is 8.78 Å². The smallest absolute Gasteiger partial charge is 0.339 e. The van der Waals surface area contributed by atoms with Crippen molar-refractivity contribution in [1.29, 1.82) is 5.26 Å². The highest BCUT2D eigenvalue weighted by molar-refractivity contribution is 7.52. The summed E-state index contributed by atoms with van der Waals surface area (Å²) in [6, 6.07) is 14.6. The van der Waals surface area contributed by atoms with Gasteiger partial charge in [0.1, 0.15) is 12.1 Å². The Kier molecular flexibility index (Phi) is 9.45. The summed E-state index contributed by atoms with van der Waals surface area (Å²) in [5.74, 6) is -1.68. The highest BCUT2D eigenvalue weighted by Gasteiger charge is 2.51. The summed E-state index contributed by atoms with van der Waals surface area (Å²) in [5.41, 5.74) is -4.28. The number of carbonyl (C=O) groups excluding carboxylic acids is 3. The quantitative estimate of drug-likeness (QED) is 0.312. The lowest BCUT2D eigenvalue weighted by Gasteiger charge is -2.39. The summed E-state index contributed by atoms with van der Waals surface area (Å²) < 4.78 is 40.5. The minimum absolute atomic E-state index is 0.133. The lowest BCUT2D eigenvalue weighted by Crippen LogP contribution is -2.60. The molecule has 48 heavy (non-hydrogen) atoms. The number of amides is 3. The van der Waals surface area contributed by atoms with E-state index >= 15 is 0 Å². The number of nitrogens with one attached hydrogen (secondary N) is 1. The van der Waals surface area contributed by atoms with Crippen molar-refractivity contribution in [2.45, 2.75) is 55.9 Å². The number of nitrogens with zero attached hydrogens (tertiary/aromatic N) is 4. The summed E-state index contributed by atoms with van der Waals surface area (Å²) in [5, 5.41) is 12.9. The zero-order valence-corrected chi connectivity index (χ0v) is 27.9. The summed E-state index contributed by atoms with van der Waals surface area (Å²) >= 11 is 1.00. The van der Waals surface area contributed by atoms with Crippen molar-refractivity contribution in [3.63, 3.8) is 0 Å². The van der Waals surface area contributed by atoms with Gasteiger partial charge in [-0.05, 0) is 55.0 Å². The maximum Gasteiger partial charge on any atom is 0.399 e. The molecule has 0 radical (unpaired) electrons. The first-order valence-electron chi connectivity index (χ1n) is 15.9. The topological polar surface area (TPSA) is 154 Å². The fourth-order valence-electron chi connectivity index (χ4n) is 7.18. The van der Waals surface area contributed by atoms with E-state index in [1.54, 1.807) is 9.80 Å². The molecule has 0 bridgehead atoms. The van der Waals surface area contributed by atoms with E-state index in [0.717, 1.165) is 29.0 Å². The van der Waals surface area contributed by atoms with Gasteiger partial charge in [-0.1, -0.05) is 43.3 Å². The Hall–Kier alpha value is -3.73. The van der Waals surface area contributed by atoms with Gasteiger partial charge in [-0.25, -0.2) is 0 Å². The molecule has 5 atom stereocenters. The number of halogens is 2. The molecule has 3 N–H and O–H groups in total. The summed E-state index contributed by atoms with van der Waals surface area (Å²) in [4.78, 5) is 65.7. The van der Waals surface area contributed by atoms with E-state index in [1.165, 1.54) is 12.1 Å². The number of hydrogen-bond acceptors (Lipinski definition) is 7. The molecular weight excluding hydrogens is 663 g/mol. The first-order chi connectivity index (χ1) is 22.8. The molecule has 2 aromatic carbocycles. The first kappa shape index (κ1) is 34.1. The first-order valence-corrected chi connectivity index (χ1v) is 18.3. The SMILES string of the molecule is CCN1CC[C@H]2CC[C@@H](C(=O)N3C[C@@H](C#N)[C@H](c4ccccc4)C3)N2C(=O)[C@@H](NC(=O)c2cc3cc(C(F)(F)P(=O)(O)O)ccc3s2)C1. The lowest BCUT2D eigenvalue weighted by molar-refractivity contribution is -0.147. The van der Waals surface area contributed by atoms with Gasteiger partial charge in [0, 0.05) is 48.4 Å². The van der Waals surface area contributed by atoms with E-state index < -0.39 is 36.8 Å². The van der Waals surface area contributed by atoms with Crippen molar-refractivity contribution in [1.82, 2.24) is 20.0 Å². The minimum Gasteiger partial charge on any atom is -0.339 e. The molecule has 254 valence electrons. The van der Waals surface area contributed by atoms with Gasteiger partial charge in [-0.15, -0.1) is 11.3 Å². The molecule has 4 heterocycles. The molecule has 0 spiro atoms. The highest BCUT2D eigenvalue weighted by atomic mass is 32.1. The minimum atomic E-state index is -5.78. The van der Waals surface area contributed by atoms with Crippen LogP contribution >= 0.6 is 18.9 Å². The van der Waals surface area contributed by atoms with Crippen LogP contribution in [0.3, 0.4) is 0 Å². The Labute approximate surface area is 280 Å². The second-order valence-electron chi connectivity index (χ2n) is 12.6. The second kappa shape index (κ2) is 13.3. The third-order valence-electron chi connectivity index (χ3n) is 9.79. The van der Waals surface area contributed by atoms with Crippen LogP contribution in [0.2, 0.25) is 0 Å². The van der Waals surface area contributed by atoms with Crippen molar-refractivity contribution in [2.24, 2.45) is 5.92 Å². The van der Waals surface area contributed by atoms with Gasteiger partial charge in [0.25, 0.3) is 5.91 Å². The van der Waals surface area contributed by atoms with Gasteiger partial charge >= 0.3 is 13.3 Å². The summed E-state index contributed by atoms with van der Waals surface area (Å²) in [7, 11) is -5.78. The number of nitriles is 1. The number of benzene rings is 2. The van der Waals surface area contributed by atoms with E-state index in [1.807, 2.05) is 37.3 Å². The van der Waals surface area contributed by atoms with Crippen LogP contribution in [0.5, 0.6) is 0 Å². The number of rotatable bonds is 7. The van der Waals surface area contributed by atoms with Crippen molar-refractivity contribution >= 4 is 46.7 Å². The molecule has 3 aliphatic rings. The molecular formula is C33H36F2N5O6PS. The van der Waals surface area contributed by atoms with Crippen LogP contribution in [-0.4, -0.2) is 93.1 Å². The Morgan fingerprint density at radius 2 is 1.83 bits per heavy atom. The van der Waals surface area contributed by atoms with Crippen molar-refractivity contribution in [3.8, 4) is 6.07 Å². The molecule has 0 aliphatic carbocycles. The van der Waals surface area contributed by atoms with Gasteiger partial charge in [0.2, 0.25) is 11.8 Å². The van der Waals surface area contributed by atoms with E-state index in [4.69, 9.17) is 9.79 Å². The van der Waals surface area contributed by atoms with Crippen molar-refractivity contribution < 1.29 is 37.5 Å². The van der Waals surface area contributed by atoms with Gasteiger partial charge in [0.05, 0.1) is 16.9 Å². The average Bonchev–Trinajstić information content (AvgIpc) is 3.81. The maximum atomic E-state index is 14.4. The van der Waals surface area contributed by atoms with Gasteiger partial charge in [-0.2, -0.15) is 14.0 Å². The van der Waals surface area contributed by atoms with E-state index in [0.29, 0.717) is 43.6 Å². The second-order valence-corrected chi connectivity index (χ2v) is 15.4. The number of hydrogen-bond donors (Lipinski definition) is 3. The molecule has 6 rings (SSSR count). The molecule has 15 heteroatoms. The molecule has 3 aliphatic heterocycles. The lowest BCUT2D eigenvalue weighted by atomic mass is 9.90. The molecule has 0 unspecified atom stereocenters. The zero-order valence-electron chi connectivity index (χ0n) is 26.2. The molecule has 1 aromatic heterocycles. The molecule has 11 nitrogen and oxygen atoms in total. The largest absolute Gasteiger partial charge is 0.399 e. The van der Waals surface area contributed by atoms with Gasteiger partial charge in [-0.3, -0.25) is 18.9 Å². The third-order valence-corrected chi connectivity index (χ3v) is 11.9. The monoisotopic (exact) mass is 699 g/mol. The normalized spacial score (nSPS) is 25.4. The number of alkyl halides is 2. The Morgan fingerprint density at radius 1 is 1.08 bits per heavy atom. The Balaban J connectivity index is 1.22. The summed E-state index contributed by atoms with van der Waals surface area (Å²) in [6.45, 7) is 4.12. The molecule has 0 saturated carbocycles. The van der Waals surface area contributed by atoms with Crippen LogP contribution < -0.4 is 5.32 Å². The Morgan fingerprint density at radius 3 is 2.52 bits per heavy atom. The van der Waals surface area contributed by atoms with Crippen LogP contribution in [0, 0.1) is 17.2 Å². The van der Waals surface area contributed by atoms with Crippen LogP contribution in [0.1, 0.15) is 52.9 Å². The number of likely N-dealkylation sites (tertiary alicyclic amines) is 1. The van der Waals surface area contributed by atoms with Crippen molar-refractivity contribution in [2.75, 3.05) is 32.7 Å². The highest BCUT2D eigenvalue weighted by Crippen LogP contribution is 2.59. The number of thiophene rings is 1. The number of carbonyl (C=O) groups is 3. The predicted molar refractivity (Wildman–Crippen MR) is 174 cm³/mol. The van der Waals surface area contributed by atoms with E-state index in [9.17, 15) is 33.0 Å². The average molecular weight is 700 g/mol. The Bertz CT molecular complexity index is 1810. The van der Waals surface area contributed by atoms with Crippen LogP contribution in [-0.2, 0) is 19.8 Å². The maximum absolute atomic E-state index is 14.4. The van der Waals surface area contributed by atoms with Crippen LogP contribution in [0.25, 0.3) is 10.1 Å². The molecule has 3 saturated heterocycles. The van der Waals surface area contributed by atoms with Crippen molar-refractivity contribution in [3.05, 3.63) is 70.6 Å². The zero-order chi connectivity index (χ0) is 34.4. The van der Waals surface area contributed by atoms with E-state index in [-0.39, 0.29) is 53.0 Å². The molecule has 3 aromatic rings.